The van der Waals surface area contributed by atoms with Crippen LogP contribution in [0.1, 0.15) is 27.2 Å². The molecule has 34 heavy (non-hydrogen) atoms. The third-order valence-corrected chi connectivity index (χ3v) is 5.35. The molecule has 0 spiro atoms. The van der Waals surface area contributed by atoms with Gasteiger partial charge in [0, 0.05) is 47.5 Å². The SMILES string of the molecule is Cc1ccc(CNC(=O)c2ccc(Nc3cc(C)nc4nc(-c5cccnc5)nn34)cc2)cc1. The van der Waals surface area contributed by atoms with Gasteiger partial charge in [-0.2, -0.15) is 9.50 Å². The molecule has 0 aliphatic heterocycles. The van der Waals surface area contributed by atoms with Crippen LogP contribution in [-0.4, -0.2) is 30.5 Å². The molecule has 0 radical (unpaired) electrons. The molecule has 0 unspecified atom stereocenters. The van der Waals surface area contributed by atoms with E-state index in [1.165, 1.54) is 5.56 Å². The van der Waals surface area contributed by atoms with E-state index in [-0.39, 0.29) is 5.91 Å². The van der Waals surface area contributed by atoms with E-state index >= 15 is 0 Å². The number of nitrogens with zero attached hydrogens (tertiary/aromatic N) is 5. The Balaban J connectivity index is 1.32. The monoisotopic (exact) mass is 449 g/mol. The van der Waals surface area contributed by atoms with Gasteiger partial charge in [-0.15, -0.1) is 5.10 Å². The Morgan fingerprint density at radius 1 is 0.971 bits per heavy atom. The predicted molar refractivity (Wildman–Crippen MR) is 131 cm³/mol. The fourth-order valence-electron chi connectivity index (χ4n) is 3.54. The highest BCUT2D eigenvalue weighted by atomic mass is 16.1. The van der Waals surface area contributed by atoms with Gasteiger partial charge in [-0.1, -0.05) is 29.8 Å². The van der Waals surface area contributed by atoms with E-state index in [0.29, 0.717) is 23.7 Å². The molecule has 8 nitrogen and oxygen atoms in total. The highest BCUT2D eigenvalue weighted by Gasteiger charge is 2.12. The van der Waals surface area contributed by atoms with Crippen molar-refractivity contribution in [3.63, 3.8) is 0 Å². The van der Waals surface area contributed by atoms with Crippen molar-refractivity contribution in [2.45, 2.75) is 20.4 Å². The molecule has 0 saturated carbocycles. The molecule has 5 rings (SSSR count). The van der Waals surface area contributed by atoms with Gasteiger partial charge in [0.15, 0.2) is 5.82 Å². The number of benzene rings is 2. The largest absolute Gasteiger partial charge is 0.348 e. The first kappa shape index (κ1) is 21.3. The summed E-state index contributed by atoms with van der Waals surface area (Å²) in [4.78, 5) is 25.7. The first-order chi connectivity index (χ1) is 16.5. The standard InChI is InChI=1S/C26H23N7O/c1-17-5-7-19(8-6-17)15-28-25(34)20-9-11-22(12-10-20)30-23-14-18(2)29-26-31-24(32-33(23)26)21-4-3-13-27-16-21/h3-14,16,30H,15H2,1-2H3,(H,28,34). The quantitative estimate of drug-likeness (QED) is 0.397. The number of carbonyl (C=O) groups is 1. The highest BCUT2D eigenvalue weighted by Crippen LogP contribution is 2.21. The van der Waals surface area contributed by atoms with Crippen molar-refractivity contribution in [1.29, 1.82) is 0 Å². The van der Waals surface area contributed by atoms with Crippen LogP contribution in [-0.2, 0) is 6.54 Å². The Hall–Kier alpha value is -4.59. The van der Waals surface area contributed by atoms with Gasteiger partial charge in [-0.05, 0) is 55.8 Å². The van der Waals surface area contributed by atoms with E-state index in [2.05, 4.69) is 30.7 Å². The zero-order valence-electron chi connectivity index (χ0n) is 18.9. The number of aromatic nitrogens is 5. The van der Waals surface area contributed by atoms with E-state index < -0.39 is 0 Å². The molecule has 0 saturated heterocycles. The maximum absolute atomic E-state index is 12.5. The van der Waals surface area contributed by atoms with Gasteiger partial charge in [-0.25, -0.2) is 4.98 Å². The molecule has 3 aromatic heterocycles. The van der Waals surface area contributed by atoms with Gasteiger partial charge >= 0.3 is 0 Å². The molecule has 0 aliphatic carbocycles. The molecular weight excluding hydrogens is 426 g/mol. The first-order valence-corrected chi connectivity index (χ1v) is 10.9. The third-order valence-electron chi connectivity index (χ3n) is 5.35. The molecule has 8 heteroatoms. The second kappa shape index (κ2) is 9.11. The summed E-state index contributed by atoms with van der Waals surface area (Å²) in [6, 6.07) is 21.1. The van der Waals surface area contributed by atoms with Gasteiger partial charge in [0.1, 0.15) is 5.82 Å². The second-order valence-corrected chi connectivity index (χ2v) is 8.04. The lowest BCUT2D eigenvalue weighted by atomic mass is 10.1. The van der Waals surface area contributed by atoms with Gasteiger partial charge in [0.05, 0.1) is 0 Å². The van der Waals surface area contributed by atoms with E-state index in [1.807, 2.05) is 68.4 Å². The summed E-state index contributed by atoms with van der Waals surface area (Å²) in [5.41, 5.74) is 5.30. The summed E-state index contributed by atoms with van der Waals surface area (Å²) in [6.07, 6.45) is 3.43. The number of hydrogen-bond donors (Lipinski definition) is 2. The fourth-order valence-corrected chi connectivity index (χ4v) is 3.54. The van der Waals surface area contributed by atoms with Crippen molar-refractivity contribution in [2.75, 3.05) is 5.32 Å². The number of pyridine rings is 1. The predicted octanol–water partition coefficient (Wildman–Crippen LogP) is 4.48. The lowest BCUT2D eigenvalue weighted by Gasteiger charge is -2.10. The van der Waals surface area contributed by atoms with E-state index in [4.69, 9.17) is 0 Å². The van der Waals surface area contributed by atoms with Crippen LogP contribution in [0.25, 0.3) is 17.2 Å². The molecule has 0 fully saturated rings. The molecule has 2 aromatic carbocycles. The van der Waals surface area contributed by atoms with Crippen LogP contribution in [0.15, 0.2) is 79.1 Å². The van der Waals surface area contributed by atoms with E-state index in [1.54, 1.807) is 29.0 Å². The normalized spacial score (nSPS) is 10.9. The Morgan fingerprint density at radius 2 is 1.76 bits per heavy atom. The van der Waals surface area contributed by atoms with Gasteiger partial charge in [0.25, 0.3) is 11.7 Å². The van der Waals surface area contributed by atoms with E-state index in [9.17, 15) is 4.79 Å². The summed E-state index contributed by atoms with van der Waals surface area (Å²) in [7, 11) is 0. The molecule has 168 valence electrons. The smallest absolute Gasteiger partial charge is 0.254 e. The van der Waals surface area contributed by atoms with E-state index in [0.717, 1.165) is 28.3 Å². The van der Waals surface area contributed by atoms with Crippen LogP contribution < -0.4 is 10.6 Å². The number of nitrogens with one attached hydrogen (secondary N) is 2. The van der Waals surface area contributed by atoms with Crippen LogP contribution in [0.4, 0.5) is 11.5 Å². The van der Waals surface area contributed by atoms with Crippen molar-refractivity contribution < 1.29 is 4.79 Å². The van der Waals surface area contributed by atoms with Gasteiger partial charge in [-0.3, -0.25) is 9.78 Å². The molecule has 2 N–H and O–H groups in total. The summed E-state index contributed by atoms with van der Waals surface area (Å²) in [5, 5.41) is 10.9. The van der Waals surface area contributed by atoms with Crippen molar-refractivity contribution in [3.8, 4) is 11.4 Å². The molecule has 5 aromatic rings. The minimum absolute atomic E-state index is 0.119. The van der Waals surface area contributed by atoms with Crippen LogP contribution in [0.5, 0.6) is 0 Å². The second-order valence-electron chi connectivity index (χ2n) is 8.04. The van der Waals surface area contributed by atoms with Gasteiger partial charge < -0.3 is 10.6 Å². The summed E-state index contributed by atoms with van der Waals surface area (Å²) in [5.74, 6) is 1.65. The van der Waals surface area contributed by atoms with Crippen molar-refractivity contribution in [2.24, 2.45) is 0 Å². The van der Waals surface area contributed by atoms with Crippen LogP contribution >= 0.6 is 0 Å². The lowest BCUT2D eigenvalue weighted by Crippen LogP contribution is -2.22. The number of amides is 1. The first-order valence-electron chi connectivity index (χ1n) is 10.9. The zero-order valence-corrected chi connectivity index (χ0v) is 18.9. The number of hydrogen-bond acceptors (Lipinski definition) is 6. The molecular formula is C26H23N7O. The molecule has 0 atom stereocenters. The third kappa shape index (κ3) is 4.61. The van der Waals surface area contributed by atoms with Gasteiger partial charge in [0.2, 0.25) is 0 Å². The van der Waals surface area contributed by atoms with Crippen molar-refractivity contribution in [1.82, 2.24) is 29.9 Å². The average Bonchev–Trinajstić information content (AvgIpc) is 3.29. The Bertz CT molecular complexity index is 1440. The Morgan fingerprint density at radius 3 is 2.50 bits per heavy atom. The maximum atomic E-state index is 12.5. The minimum atomic E-state index is -0.119. The number of aryl methyl sites for hydroxylation is 2. The van der Waals surface area contributed by atoms with Crippen molar-refractivity contribution in [3.05, 3.63) is 102 Å². The minimum Gasteiger partial charge on any atom is -0.348 e. The molecule has 0 bridgehead atoms. The molecule has 3 heterocycles. The Labute approximate surface area is 196 Å². The summed E-state index contributed by atoms with van der Waals surface area (Å²) >= 11 is 0. The lowest BCUT2D eigenvalue weighted by molar-refractivity contribution is 0.0951. The molecule has 0 aliphatic rings. The average molecular weight is 450 g/mol. The van der Waals surface area contributed by atoms with Crippen LogP contribution in [0.3, 0.4) is 0 Å². The zero-order chi connectivity index (χ0) is 23.5. The number of fused-ring (bicyclic) bond motifs is 1. The molecule has 1 amide bonds. The fraction of sp³-hybridized carbons (Fsp3) is 0.115. The van der Waals surface area contributed by atoms with Crippen LogP contribution in [0.2, 0.25) is 0 Å². The number of carbonyl (C=O) groups excluding carboxylic acids is 1. The number of anilines is 2. The Kier molecular flexibility index (Phi) is 5.70. The highest BCUT2D eigenvalue weighted by molar-refractivity contribution is 5.94. The topological polar surface area (TPSA) is 97.1 Å². The number of rotatable bonds is 6. The summed E-state index contributed by atoms with van der Waals surface area (Å²) < 4.78 is 1.66. The van der Waals surface area contributed by atoms with Crippen molar-refractivity contribution >= 4 is 23.2 Å². The van der Waals surface area contributed by atoms with Crippen LogP contribution in [0, 0.1) is 13.8 Å². The maximum Gasteiger partial charge on any atom is 0.254 e. The summed E-state index contributed by atoms with van der Waals surface area (Å²) in [6.45, 7) is 4.43.